The molecule has 3 N–H and O–H groups in total. The molecule has 0 radical (unpaired) electrons. The van der Waals surface area contributed by atoms with Crippen LogP contribution in [0, 0.1) is 10.8 Å². The Labute approximate surface area is 145 Å². The maximum Gasteiger partial charge on any atom is 0.225 e. The Morgan fingerprint density at radius 1 is 0.917 bits per heavy atom. The summed E-state index contributed by atoms with van der Waals surface area (Å²) in [6, 6.07) is 0. The lowest BCUT2D eigenvalue weighted by molar-refractivity contribution is -0.129. The summed E-state index contributed by atoms with van der Waals surface area (Å²) >= 11 is 0. The maximum atomic E-state index is 11.9. The van der Waals surface area contributed by atoms with Gasteiger partial charge in [-0.15, -0.1) is 0 Å². The third kappa shape index (κ3) is 9.50. The molecule has 0 aliphatic rings. The highest BCUT2D eigenvalue weighted by Crippen LogP contribution is 2.12. The molecule has 0 heterocycles. The Morgan fingerprint density at radius 2 is 1.29 bits per heavy atom. The molecule has 0 unspecified atom stereocenters. The van der Waals surface area contributed by atoms with Crippen molar-refractivity contribution >= 4 is 17.5 Å². The summed E-state index contributed by atoms with van der Waals surface area (Å²) in [7, 11) is 0. The second-order valence-corrected chi connectivity index (χ2v) is 8.12. The smallest absolute Gasteiger partial charge is 0.225 e. The molecular formula is C17H34N4O3. The average Bonchev–Trinajstić information content (AvgIpc) is 2.44. The highest BCUT2D eigenvalue weighted by molar-refractivity contribution is 5.83. The Morgan fingerprint density at radius 3 is 1.58 bits per heavy atom. The standard InChI is InChI=1S/C17H34N4O3/c1-13(20-24)12-21(10-8-18-14(22)16(2,3)4)11-9-19-15(23)17(5,6)7/h24H,8-12H2,1-7H3,(H,18,22)(H,19,23)/b20-13+. The van der Waals surface area contributed by atoms with Crippen LogP contribution in [0.1, 0.15) is 48.5 Å². The minimum absolute atomic E-state index is 0.00367. The number of amides is 2. The van der Waals surface area contributed by atoms with E-state index in [1.165, 1.54) is 0 Å². The van der Waals surface area contributed by atoms with Gasteiger partial charge in [0, 0.05) is 43.6 Å². The molecule has 0 atom stereocenters. The van der Waals surface area contributed by atoms with Crippen LogP contribution in [-0.4, -0.2) is 60.4 Å². The van der Waals surface area contributed by atoms with Crippen LogP contribution in [0.25, 0.3) is 0 Å². The molecule has 0 rings (SSSR count). The molecule has 0 aromatic rings. The number of hydrogen-bond donors (Lipinski definition) is 3. The number of carbonyl (C=O) groups is 2. The van der Waals surface area contributed by atoms with E-state index in [2.05, 4.69) is 15.8 Å². The second kappa shape index (κ2) is 9.61. The third-order valence-corrected chi connectivity index (χ3v) is 3.41. The molecule has 0 bridgehead atoms. The highest BCUT2D eigenvalue weighted by Gasteiger charge is 2.22. The molecule has 0 aromatic carbocycles. The van der Waals surface area contributed by atoms with Gasteiger partial charge in [0.2, 0.25) is 11.8 Å². The van der Waals surface area contributed by atoms with Crippen molar-refractivity contribution in [2.24, 2.45) is 16.0 Å². The van der Waals surface area contributed by atoms with E-state index in [0.717, 1.165) is 0 Å². The molecule has 7 nitrogen and oxygen atoms in total. The molecule has 0 saturated heterocycles. The first-order valence-electron chi connectivity index (χ1n) is 8.34. The van der Waals surface area contributed by atoms with Crippen LogP contribution in [0.5, 0.6) is 0 Å². The van der Waals surface area contributed by atoms with Gasteiger partial charge in [-0.2, -0.15) is 0 Å². The normalized spacial score (nSPS) is 13.1. The van der Waals surface area contributed by atoms with E-state index in [4.69, 9.17) is 5.21 Å². The van der Waals surface area contributed by atoms with Gasteiger partial charge in [0.25, 0.3) is 0 Å². The van der Waals surface area contributed by atoms with E-state index < -0.39 is 10.8 Å². The van der Waals surface area contributed by atoms with E-state index in [1.807, 2.05) is 46.4 Å². The van der Waals surface area contributed by atoms with Crippen molar-refractivity contribution in [3.8, 4) is 0 Å². The Hall–Kier alpha value is -1.63. The van der Waals surface area contributed by atoms with Gasteiger partial charge in [0.05, 0.1) is 5.71 Å². The Kier molecular flexibility index (Phi) is 8.96. The first kappa shape index (κ1) is 22.4. The first-order valence-corrected chi connectivity index (χ1v) is 8.34. The number of rotatable bonds is 8. The molecule has 0 fully saturated rings. The zero-order chi connectivity index (χ0) is 19.0. The van der Waals surface area contributed by atoms with Crippen molar-refractivity contribution in [1.29, 1.82) is 0 Å². The summed E-state index contributed by atoms with van der Waals surface area (Å²) in [5, 5.41) is 17.8. The zero-order valence-corrected chi connectivity index (χ0v) is 16.2. The second-order valence-electron chi connectivity index (χ2n) is 8.12. The molecule has 0 aliphatic heterocycles. The van der Waals surface area contributed by atoms with Gasteiger partial charge < -0.3 is 15.8 Å². The minimum Gasteiger partial charge on any atom is -0.411 e. The quantitative estimate of drug-likeness (QED) is 0.354. The van der Waals surface area contributed by atoms with Crippen LogP contribution in [-0.2, 0) is 9.59 Å². The topological polar surface area (TPSA) is 94.0 Å². The molecular weight excluding hydrogens is 308 g/mol. The van der Waals surface area contributed by atoms with Crippen molar-refractivity contribution in [3.05, 3.63) is 0 Å². The lowest BCUT2D eigenvalue weighted by Crippen LogP contribution is -2.44. The largest absolute Gasteiger partial charge is 0.411 e. The fraction of sp³-hybridized carbons (Fsp3) is 0.824. The van der Waals surface area contributed by atoms with Crippen LogP contribution in [0.3, 0.4) is 0 Å². The van der Waals surface area contributed by atoms with E-state index in [-0.39, 0.29) is 11.8 Å². The van der Waals surface area contributed by atoms with Crippen molar-refractivity contribution in [1.82, 2.24) is 15.5 Å². The van der Waals surface area contributed by atoms with Gasteiger partial charge >= 0.3 is 0 Å². The van der Waals surface area contributed by atoms with Crippen molar-refractivity contribution in [3.63, 3.8) is 0 Å². The van der Waals surface area contributed by atoms with Gasteiger partial charge in [-0.25, -0.2) is 0 Å². The number of oxime groups is 1. The van der Waals surface area contributed by atoms with Crippen LogP contribution in [0.15, 0.2) is 5.16 Å². The zero-order valence-electron chi connectivity index (χ0n) is 16.2. The predicted octanol–water partition coefficient (Wildman–Crippen LogP) is 1.46. The van der Waals surface area contributed by atoms with Crippen molar-refractivity contribution in [2.45, 2.75) is 48.5 Å². The summed E-state index contributed by atoms with van der Waals surface area (Å²) in [5.74, 6) is -0.00735. The van der Waals surface area contributed by atoms with Crippen molar-refractivity contribution in [2.75, 3.05) is 32.7 Å². The van der Waals surface area contributed by atoms with E-state index in [9.17, 15) is 9.59 Å². The lowest BCUT2D eigenvalue weighted by atomic mass is 9.96. The van der Waals surface area contributed by atoms with Crippen LogP contribution < -0.4 is 10.6 Å². The number of carbonyl (C=O) groups excluding carboxylic acids is 2. The third-order valence-electron chi connectivity index (χ3n) is 3.41. The van der Waals surface area contributed by atoms with Crippen LogP contribution in [0.2, 0.25) is 0 Å². The summed E-state index contributed by atoms with van der Waals surface area (Å²) in [5.41, 5.74) is -0.263. The van der Waals surface area contributed by atoms with E-state index >= 15 is 0 Å². The minimum atomic E-state index is -0.423. The van der Waals surface area contributed by atoms with Crippen LogP contribution >= 0.6 is 0 Å². The first-order chi connectivity index (χ1) is 10.9. The maximum absolute atomic E-state index is 11.9. The van der Waals surface area contributed by atoms with Gasteiger partial charge in [0.15, 0.2) is 0 Å². The molecule has 0 saturated carbocycles. The van der Waals surface area contributed by atoms with Gasteiger partial charge in [0.1, 0.15) is 0 Å². The summed E-state index contributed by atoms with van der Waals surface area (Å²) < 4.78 is 0. The van der Waals surface area contributed by atoms with Gasteiger partial charge in [-0.3, -0.25) is 14.5 Å². The van der Waals surface area contributed by atoms with E-state index in [1.54, 1.807) is 6.92 Å². The molecule has 0 aromatic heterocycles. The Bertz CT molecular complexity index is 416. The number of hydrogen-bond acceptors (Lipinski definition) is 5. The molecule has 24 heavy (non-hydrogen) atoms. The van der Waals surface area contributed by atoms with Crippen molar-refractivity contribution < 1.29 is 14.8 Å². The van der Waals surface area contributed by atoms with Gasteiger partial charge in [-0.1, -0.05) is 46.7 Å². The fourth-order valence-corrected chi connectivity index (χ4v) is 1.81. The predicted molar refractivity (Wildman–Crippen MR) is 96.3 cm³/mol. The monoisotopic (exact) mass is 342 g/mol. The molecule has 0 aliphatic carbocycles. The lowest BCUT2D eigenvalue weighted by Gasteiger charge is -2.25. The summed E-state index contributed by atoms with van der Waals surface area (Å²) in [4.78, 5) is 25.8. The van der Waals surface area contributed by atoms with Crippen LogP contribution in [0.4, 0.5) is 0 Å². The molecule has 140 valence electrons. The SMILES string of the molecule is C/C(CN(CCNC(=O)C(C)(C)C)CCNC(=O)C(C)(C)C)=N\O. The van der Waals surface area contributed by atoms with E-state index in [0.29, 0.717) is 38.4 Å². The summed E-state index contributed by atoms with van der Waals surface area (Å²) in [6.07, 6.45) is 0. The number of nitrogens with zero attached hydrogens (tertiary/aromatic N) is 2. The molecule has 2 amide bonds. The molecule has 0 spiro atoms. The average molecular weight is 342 g/mol. The van der Waals surface area contributed by atoms with Gasteiger partial charge in [-0.05, 0) is 6.92 Å². The Balaban J connectivity index is 4.44. The summed E-state index contributed by atoms with van der Waals surface area (Å²) in [6.45, 7) is 15.6. The molecule has 7 heteroatoms. The fourth-order valence-electron chi connectivity index (χ4n) is 1.81. The number of nitrogens with one attached hydrogen (secondary N) is 2. The highest BCUT2D eigenvalue weighted by atomic mass is 16.4.